The van der Waals surface area contributed by atoms with E-state index in [1.807, 2.05) is 42.5 Å². The molecule has 1 heterocycles. The first kappa shape index (κ1) is 23.1. The molecule has 0 atom stereocenters. The van der Waals surface area contributed by atoms with Crippen LogP contribution in [0.15, 0.2) is 54.6 Å². The van der Waals surface area contributed by atoms with E-state index < -0.39 is 0 Å². The normalized spacial score (nSPS) is 14.8. The highest BCUT2D eigenvalue weighted by molar-refractivity contribution is 6.30. The molecule has 31 heavy (non-hydrogen) atoms. The van der Waals surface area contributed by atoms with Crippen molar-refractivity contribution in [2.75, 3.05) is 26.7 Å². The molecule has 7 heteroatoms. The van der Waals surface area contributed by atoms with Gasteiger partial charge in [-0.3, -0.25) is 9.69 Å². The van der Waals surface area contributed by atoms with E-state index >= 15 is 0 Å². The molecule has 1 saturated heterocycles. The molecule has 0 radical (unpaired) electrons. The fraction of sp³-hybridized carbons (Fsp3) is 0.417. The van der Waals surface area contributed by atoms with Gasteiger partial charge in [-0.2, -0.15) is 0 Å². The number of nitrogens with one attached hydrogen (secondary N) is 2. The molecule has 3 rings (SSSR count). The molecular weight excluding hydrogens is 412 g/mol. The van der Waals surface area contributed by atoms with Gasteiger partial charge in [-0.05, 0) is 36.1 Å². The second kappa shape index (κ2) is 11.7. The van der Waals surface area contributed by atoms with Gasteiger partial charge in [-0.1, -0.05) is 54.1 Å². The van der Waals surface area contributed by atoms with Crippen LogP contribution in [0, 0.1) is 0 Å². The van der Waals surface area contributed by atoms with Gasteiger partial charge in [0.05, 0.1) is 0 Å². The summed E-state index contributed by atoms with van der Waals surface area (Å²) >= 11 is 5.94. The van der Waals surface area contributed by atoms with Crippen LogP contribution in [0.5, 0.6) is 0 Å². The van der Waals surface area contributed by atoms with Crippen LogP contribution in [0.2, 0.25) is 5.02 Å². The summed E-state index contributed by atoms with van der Waals surface area (Å²) in [5.41, 5.74) is 2.32. The third-order valence-corrected chi connectivity index (χ3v) is 5.76. The third-order valence-electron chi connectivity index (χ3n) is 5.51. The Kier molecular flexibility index (Phi) is 8.74. The summed E-state index contributed by atoms with van der Waals surface area (Å²) in [6.45, 7) is 3.68. The van der Waals surface area contributed by atoms with Crippen LogP contribution in [0.3, 0.4) is 0 Å². The summed E-state index contributed by atoms with van der Waals surface area (Å²) in [6.07, 6.45) is 2.16. The maximum absolute atomic E-state index is 12.3. The van der Waals surface area contributed by atoms with Gasteiger partial charge in [-0.15, -0.1) is 0 Å². The number of urea groups is 1. The van der Waals surface area contributed by atoms with Gasteiger partial charge in [-0.25, -0.2) is 4.79 Å². The highest BCUT2D eigenvalue weighted by Gasteiger charge is 2.20. The summed E-state index contributed by atoms with van der Waals surface area (Å²) in [5, 5.41) is 6.68. The Labute approximate surface area is 189 Å². The summed E-state index contributed by atoms with van der Waals surface area (Å²) in [6, 6.07) is 17.8. The molecule has 0 saturated carbocycles. The van der Waals surface area contributed by atoms with E-state index in [1.54, 1.807) is 11.9 Å². The lowest BCUT2D eigenvalue weighted by Gasteiger charge is -2.32. The van der Waals surface area contributed by atoms with Crippen LogP contribution >= 0.6 is 11.6 Å². The van der Waals surface area contributed by atoms with Crippen molar-refractivity contribution in [3.8, 4) is 0 Å². The van der Waals surface area contributed by atoms with E-state index in [9.17, 15) is 9.59 Å². The molecule has 0 aliphatic carbocycles. The van der Waals surface area contributed by atoms with Gasteiger partial charge in [0.15, 0.2) is 0 Å². The van der Waals surface area contributed by atoms with Crippen molar-refractivity contribution < 1.29 is 9.59 Å². The van der Waals surface area contributed by atoms with Crippen molar-refractivity contribution in [3.63, 3.8) is 0 Å². The van der Waals surface area contributed by atoms with E-state index in [0.717, 1.165) is 43.1 Å². The van der Waals surface area contributed by atoms with Gasteiger partial charge in [0.2, 0.25) is 5.91 Å². The molecule has 1 aliphatic heterocycles. The van der Waals surface area contributed by atoms with E-state index in [4.69, 9.17) is 11.6 Å². The maximum atomic E-state index is 12.3. The molecule has 0 unspecified atom stereocenters. The highest BCUT2D eigenvalue weighted by Crippen LogP contribution is 2.16. The SMILES string of the molecule is CN(Cc1ccccc1)C(=O)NCCC(=O)NC1CCN(Cc2ccc(Cl)cc2)CC1. The number of carbonyl (C=O) groups excluding carboxylic acids is 2. The van der Waals surface area contributed by atoms with Crippen molar-refractivity contribution >= 4 is 23.5 Å². The number of hydrogen-bond donors (Lipinski definition) is 2. The topological polar surface area (TPSA) is 64.7 Å². The number of amides is 3. The highest BCUT2D eigenvalue weighted by atomic mass is 35.5. The van der Waals surface area contributed by atoms with Gasteiger partial charge < -0.3 is 15.5 Å². The smallest absolute Gasteiger partial charge is 0.317 e. The first-order valence-corrected chi connectivity index (χ1v) is 11.2. The monoisotopic (exact) mass is 442 g/mol. The number of piperidine rings is 1. The third kappa shape index (κ3) is 7.89. The molecule has 2 N–H and O–H groups in total. The van der Waals surface area contributed by atoms with Crippen LogP contribution in [0.4, 0.5) is 4.79 Å². The summed E-state index contributed by atoms with van der Waals surface area (Å²) in [4.78, 5) is 28.5. The Hall–Kier alpha value is -2.57. The zero-order valence-corrected chi connectivity index (χ0v) is 18.8. The second-order valence-electron chi connectivity index (χ2n) is 8.07. The molecule has 2 aromatic carbocycles. The zero-order chi connectivity index (χ0) is 22.1. The molecule has 6 nitrogen and oxygen atoms in total. The van der Waals surface area contributed by atoms with E-state index in [-0.39, 0.29) is 24.4 Å². The van der Waals surface area contributed by atoms with Crippen molar-refractivity contribution in [2.45, 2.75) is 38.4 Å². The largest absolute Gasteiger partial charge is 0.353 e. The van der Waals surface area contributed by atoms with Crippen molar-refractivity contribution in [1.29, 1.82) is 0 Å². The van der Waals surface area contributed by atoms with Crippen molar-refractivity contribution in [2.24, 2.45) is 0 Å². The molecule has 0 aromatic heterocycles. The van der Waals surface area contributed by atoms with Gasteiger partial charge in [0.25, 0.3) is 0 Å². The van der Waals surface area contributed by atoms with Crippen molar-refractivity contribution in [1.82, 2.24) is 20.4 Å². The van der Waals surface area contributed by atoms with E-state index in [1.165, 1.54) is 5.56 Å². The number of nitrogens with zero attached hydrogens (tertiary/aromatic N) is 2. The zero-order valence-electron chi connectivity index (χ0n) is 18.0. The summed E-state index contributed by atoms with van der Waals surface area (Å²) in [7, 11) is 1.75. The average molecular weight is 443 g/mol. The summed E-state index contributed by atoms with van der Waals surface area (Å²) < 4.78 is 0. The average Bonchev–Trinajstić information content (AvgIpc) is 2.77. The number of hydrogen-bond acceptors (Lipinski definition) is 3. The van der Waals surface area contributed by atoms with E-state index in [0.29, 0.717) is 13.1 Å². The van der Waals surface area contributed by atoms with Crippen LogP contribution in [0.1, 0.15) is 30.4 Å². The Bertz CT molecular complexity index is 836. The lowest BCUT2D eigenvalue weighted by atomic mass is 10.0. The molecule has 1 fully saturated rings. The number of halogens is 1. The molecular formula is C24H31ClN4O2. The Morgan fingerprint density at radius 3 is 2.39 bits per heavy atom. The molecule has 2 aromatic rings. The number of carbonyl (C=O) groups is 2. The number of rotatable bonds is 8. The van der Waals surface area contributed by atoms with Gasteiger partial charge in [0.1, 0.15) is 0 Å². The fourth-order valence-electron chi connectivity index (χ4n) is 3.73. The molecule has 3 amide bonds. The van der Waals surface area contributed by atoms with Crippen molar-refractivity contribution in [3.05, 3.63) is 70.7 Å². The van der Waals surface area contributed by atoms with Crippen LogP contribution in [-0.2, 0) is 17.9 Å². The number of likely N-dealkylation sites (tertiary alicyclic amines) is 1. The van der Waals surface area contributed by atoms with E-state index in [2.05, 4.69) is 27.7 Å². The minimum absolute atomic E-state index is 0.0119. The minimum Gasteiger partial charge on any atom is -0.353 e. The standard InChI is InChI=1S/C24H31ClN4O2/c1-28(17-19-5-3-2-4-6-19)24(31)26-14-11-23(30)27-22-12-15-29(16-13-22)18-20-7-9-21(25)10-8-20/h2-10,22H,11-18H2,1H3,(H,26,31)(H,27,30). The lowest BCUT2D eigenvalue weighted by molar-refractivity contribution is -0.122. The number of benzene rings is 2. The first-order chi connectivity index (χ1) is 15.0. The molecule has 166 valence electrons. The predicted octanol–water partition coefficient (Wildman–Crippen LogP) is 3.65. The second-order valence-corrected chi connectivity index (χ2v) is 8.50. The molecule has 1 aliphatic rings. The maximum Gasteiger partial charge on any atom is 0.317 e. The van der Waals surface area contributed by atoms with Gasteiger partial charge in [0, 0.05) is 57.3 Å². The first-order valence-electron chi connectivity index (χ1n) is 10.8. The quantitative estimate of drug-likeness (QED) is 0.655. The summed E-state index contributed by atoms with van der Waals surface area (Å²) in [5.74, 6) is -0.0119. The predicted molar refractivity (Wildman–Crippen MR) is 124 cm³/mol. The van der Waals surface area contributed by atoms with Crippen LogP contribution < -0.4 is 10.6 Å². The van der Waals surface area contributed by atoms with Gasteiger partial charge >= 0.3 is 6.03 Å². The molecule has 0 bridgehead atoms. The van der Waals surface area contributed by atoms with Crippen LogP contribution in [-0.4, -0.2) is 54.5 Å². The Morgan fingerprint density at radius 2 is 1.71 bits per heavy atom. The Balaban J connectivity index is 1.29. The fourth-order valence-corrected chi connectivity index (χ4v) is 3.86. The van der Waals surface area contributed by atoms with Crippen LogP contribution in [0.25, 0.3) is 0 Å². The minimum atomic E-state index is -0.174. The lowest BCUT2D eigenvalue weighted by Crippen LogP contribution is -2.45. The molecule has 0 spiro atoms. The Morgan fingerprint density at radius 1 is 1.03 bits per heavy atom.